The second-order valence-corrected chi connectivity index (χ2v) is 2.71. The number of hydroxylamine groups is 1. The second-order valence-electron chi connectivity index (χ2n) is 2.71. The van der Waals surface area contributed by atoms with E-state index in [1.165, 1.54) is 6.07 Å². The van der Waals surface area contributed by atoms with Gasteiger partial charge in [0.05, 0.1) is 0 Å². The van der Waals surface area contributed by atoms with E-state index in [-0.39, 0.29) is 5.69 Å². The Labute approximate surface area is 80.6 Å². The number of hydrogen-bond donors (Lipinski definition) is 4. The number of aliphatic imine (C=N–C) groups is 1. The molecule has 76 valence electrons. The molecule has 0 aromatic heterocycles. The zero-order valence-corrected chi connectivity index (χ0v) is 7.56. The molecule has 1 aromatic carbocycles. The van der Waals surface area contributed by atoms with Gasteiger partial charge in [-0.05, 0) is 18.6 Å². The lowest BCUT2D eigenvalue weighted by molar-refractivity contribution is -0.990. The minimum absolute atomic E-state index is 0.0992. The zero-order valence-electron chi connectivity index (χ0n) is 7.56. The quantitative estimate of drug-likeness (QED) is 0.312. The average molecular weight is 197 g/mol. The smallest absolute Gasteiger partial charge is 0.189 e. The molecule has 1 rings (SSSR count). The fraction of sp³-hybridized carbons (Fsp3) is 0.125. The Morgan fingerprint density at radius 1 is 1.57 bits per heavy atom. The van der Waals surface area contributed by atoms with Gasteiger partial charge < -0.3 is 5.21 Å². The maximum absolute atomic E-state index is 10.7. The molecule has 6 nitrogen and oxygen atoms in total. The largest absolute Gasteiger partial charge is 0.595 e. The van der Waals surface area contributed by atoms with Crippen LogP contribution in [0.4, 0.5) is 11.4 Å². The molecule has 1 atom stereocenters. The van der Waals surface area contributed by atoms with Gasteiger partial charge >= 0.3 is 0 Å². The lowest BCUT2D eigenvalue weighted by Crippen LogP contribution is -2.99. The van der Waals surface area contributed by atoms with E-state index in [2.05, 4.69) is 4.99 Å². The van der Waals surface area contributed by atoms with Crippen LogP contribution in [0.5, 0.6) is 0 Å². The van der Waals surface area contributed by atoms with Gasteiger partial charge in [-0.25, -0.2) is 10.2 Å². The van der Waals surface area contributed by atoms with Crippen molar-refractivity contribution < 1.29 is 15.6 Å². The predicted octanol–water partition coefficient (Wildman–Crippen LogP) is 0.0370. The predicted molar refractivity (Wildman–Crippen MR) is 50.0 cm³/mol. The Bertz CT molecular complexity index is 339. The molecule has 0 saturated carbocycles. The van der Waals surface area contributed by atoms with Crippen LogP contribution in [-0.2, 0) is 0 Å². The molecule has 0 heterocycles. The van der Waals surface area contributed by atoms with Crippen molar-refractivity contribution in [2.75, 3.05) is 0 Å². The summed E-state index contributed by atoms with van der Waals surface area (Å²) in [5.41, 5.74) is 3.02. The van der Waals surface area contributed by atoms with Gasteiger partial charge in [-0.3, -0.25) is 10.7 Å². The highest BCUT2D eigenvalue weighted by molar-refractivity contribution is 5.66. The molecule has 0 amide bonds. The minimum atomic E-state index is -1.05. The summed E-state index contributed by atoms with van der Waals surface area (Å²) in [5, 5.41) is 26.8. The molecule has 0 saturated heterocycles. The van der Waals surface area contributed by atoms with Crippen LogP contribution >= 0.6 is 0 Å². The molecule has 0 aliphatic carbocycles. The van der Waals surface area contributed by atoms with E-state index in [1.54, 1.807) is 17.6 Å². The molecule has 1 unspecified atom stereocenters. The highest BCUT2D eigenvalue weighted by atomic mass is 16.8. The molecule has 1 aromatic rings. The van der Waals surface area contributed by atoms with E-state index in [9.17, 15) is 5.21 Å². The van der Waals surface area contributed by atoms with Crippen LogP contribution in [0, 0.1) is 12.1 Å². The first-order valence-electron chi connectivity index (χ1n) is 3.91. The molecule has 0 spiro atoms. The average Bonchev–Trinajstić information content (AvgIpc) is 2.14. The van der Waals surface area contributed by atoms with E-state index < -0.39 is 5.23 Å². The number of nitrogens with one attached hydrogen (secondary N) is 2. The molecule has 6 heteroatoms. The Morgan fingerprint density at radius 2 is 2.29 bits per heavy atom. The highest BCUT2D eigenvalue weighted by Gasteiger charge is 2.07. The summed E-state index contributed by atoms with van der Waals surface area (Å²) in [6, 6.07) is 4.79. The van der Waals surface area contributed by atoms with Crippen LogP contribution in [0.3, 0.4) is 0 Å². The molecule has 0 aliphatic rings. The van der Waals surface area contributed by atoms with Crippen LogP contribution in [0.15, 0.2) is 23.2 Å². The van der Waals surface area contributed by atoms with Gasteiger partial charge in [0, 0.05) is 6.07 Å². The first-order chi connectivity index (χ1) is 6.65. The van der Waals surface area contributed by atoms with Crippen molar-refractivity contribution in [2.45, 2.75) is 6.92 Å². The molecular weight excluding hydrogens is 186 g/mol. The number of hydrogen-bond acceptors (Lipinski definition) is 4. The zero-order chi connectivity index (χ0) is 10.6. The Morgan fingerprint density at radius 3 is 2.86 bits per heavy atom. The van der Waals surface area contributed by atoms with E-state index in [0.29, 0.717) is 5.69 Å². The molecule has 14 heavy (non-hydrogen) atoms. The van der Waals surface area contributed by atoms with Gasteiger partial charge in [-0.15, -0.1) is 0 Å². The van der Waals surface area contributed by atoms with Gasteiger partial charge in [0.15, 0.2) is 5.69 Å². The SMILES string of the molecule is Cc1ccc([NH+]([O-])O)c(N=CNO)c1. The standard InChI is InChI=1S/C8H11N3O3/c1-6-2-3-8(11(13)14)7(4-6)9-5-10-12/h2-5,11-13H,1H3,(H,9,10). The third-order valence-corrected chi connectivity index (χ3v) is 1.65. The van der Waals surface area contributed by atoms with Crippen molar-refractivity contribution in [3.8, 4) is 0 Å². The van der Waals surface area contributed by atoms with Crippen molar-refractivity contribution in [3.63, 3.8) is 0 Å². The summed E-state index contributed by atoms with van der Waals surface area (Å²) >= 11 is 0. The van der Waals surface area contributed by atoms with E-state index in [4.69, 9.17) is 10.4 Å². The normalized spacial score (nSPS) is 13.1. The van der Waals surface area contributed by atoms with Crippen LogP contribution in [0.2, 0.25) is 0 Å². The first-order valence-corrected chi connectivity index (χ1v) is 3.91. The fourth-order valence-electron chi connectivity index (χ4n) is 1.03. The molecular formula is C8H11N3O3. The maximum Gasteiger partial charge on any atom is 0.189 e. The lowest BCUT2D eigenvalue weighted by Gasteiger charge is -2.13. The van der Waals surface area contributed by atoms with Crippen molar-refractivity contribution in [1.29, 1.82) is 0 Å². The van der Waals surface area contributed by atoms with Crippen LogP contribution in [0.1, 0.15) is 5.56 Å². The number of quaternary nitrogens is 1. The first kappa shape index (κ1) is 10.6. The van der Waals surface area contributed by atoms with Crippen LogP contribution < -0.4 is 10.7 Å². The third kappa shape index (κ3) is 2.51. The van der Waals surface area contributed by atoms with Crippen molar-refractivity contribution in [3.05, 3.63) is 29.0 Å². The molecule has 0 radical (unpaired) electrons. The van der Waals surface area contributed by atoms with Crippen LogP contribution in [0.25, 0.3) is 0 Å². The maximum atomic E-state index is 10.7. The number of nitrogens with zero attached hydrogens (tertiary/aromatic N) is 1. The summed E-state index contributed by atoms with van der Waals surface area (Å²) in [5.74, 6) is 0. The summed E-state index contributed by atoms with van der Waals surface area (Å²) < 4.78 is 0. The Kier molecular flexibility index (Phi) is 3.55. The van der Waals surface area contributed by atoms with Gasteiger partial charge in [0.1, 0.15) is 12.0 Å². The van der Waals surface area contributed by atoms with Crippen molar-refractivity contribution in [1.82, 2.24) is 5.48 Å². The summed E-state index contributed by atoms with van der Waals surface area (Å²) in [6.07, 6.45) is 1.02. The molecule has 0 fully saturated rings. The molecule has 0 bridgehead atoms. The van der Waals surface area contributed by atoms with Gasteiger partial charge in [0.25, 0.3) is 0 Å². The monoisotopic (exact) mass is 197 g/mol. The van der Waals surface area contributed by atoms with E-state index in [0.717, 1.165) is 11.9 Å². The van der Waals surface area contributed by atoms with Gasteiger partial charge in [-0.2, -0.15) is 5.23 Å². The Balaban J connectivity index is 3.09. The summed E-state index contributed by atoms with van der Waals surface area (Å²) in [7, 11) is 0. The molecule has 0 aliphatic heterocycles. The number of aryl methyl sites for hydroxylation is 1. The topological polar surface area (TPSA) is 92.4 Å². The summed E-state index contributed by atoms with van der Waals surface area (Å²) in [6.45, 7) is 1.83. The third-order valence-electron chi connectivity index (χ3n) is 1.65. The molecule has 4 N–H and O–H groups in total. The van der Waals surface area contributed by atoms with Crippen LogP contribution in [-0.4, -0.2) is 16.8 Å². The Hall–Kier alpha value is -1.47. The lowest BCUT2D eigenvalue weighted by atomic mass is 10.2. The van der Waals surface area contributed by atoms with E-state index >= 15 is 0 Å². The number of benzene rings is 1. The van der Waals surface area contributed by atoms with E-state index in [1.807, 2.05) is 6.92 Å². The van der Waals surface area contributed by atoms with Crippen molar-refractivity contribution >= 4 is 17.7 Å². The van der Waals surface area contributed by atoms with Crippen molar-refractivity contribution in [2.24, 2.45) is 4.99 Å². The van der Waals surface area contributed by atoms with Gasteiger partial charge in [-0.1, -0.05) is 6.07 Å². The minimum Gasteiger partial charge on any atom is -0.595 e. The highest BCUT2D eigenvalue weighted by Crippen LogP contribution is 2.21. The number of rotatable bonds is 3. The second kappa shape index (κ2) is 4.68. The fourth-order valence-corrected chi connectivity index (χ4v) is 1.03. The summed E-state index contributed by atoms with van der Waals surface area (Å²) in [4.78, 5) is 3.74. The van der Waals surface area contributed by atoms with Gasteiger partial charge in [0.2, 0.25) is 0 Å².